The van der Waals surface area contributed by atoms with Gasteiger partial charge < -0.3 is 0 Å². The third-order valence-electron chi connectivity index (χ3n) is 1.99. The van der Waals surface area contributed by atoms with E-state index in [4.69, 9.17) is 5.84 Å². The SMILES string of the molecule is NNC(c1ccnnc1)c1cnccn1. The van der Waals surface area contributed by atoms with E-state index >= 15 is 0 Å². The summed E-state index contributed by atoms with van der Waals surface area (Å²) in [4.78, 5) is 8.16. The summed E-state index contributed by atoms with van der Waals surface area (Å²) in [6.45, 7) is 0. The van der Waals surface area contributed by atoms with Crippen molar-refractivity contribution in [3.63, 3.8) is 0 Å². The summed E-state index contributed by atoms with van der Waals surface area (Å²) >= 11 is 0. The minimum atomic E-state index is -0.214. The zero-order valence-corrected chi connectivity index (χ0v) is 7.91. The van der Waals surface area contributed by atoms with Crippen LogP contribution in [0, 0.1) is 0 Å². The van der Waals surface area contributed by atoms with Crippen LogP contribution in [0.4, 0.5) is 0 Å². The van der Waals surface area contributed by atoms with Gasteiger partial charge in [0, 0.05) is 18.6 Å². The molecule has 2 aromatic rings. The van der Waals surface area contributed by atoms with Crippen molar-refractivity contribution < 1.29 is 0 Å². The van der Waals surface area contributed by atoms with Gasteiger partial charge in [0.05, 0.1) is 24.1 Å². The second-order valence-corrected chi connectivity index (χ2v) is 2.91. The van der Waals surface area contributed by atoms with E-state index in [2.05, 4.69) is 25.6 Å². The molecule has 0 fully saturated rings. The third-order valence-corrected chi connectivity index (χ3v) is 1.99. The van der Waals surface area contributed by atoms with E-state index in [0.29, 0.717) is 0 Å². The van der Waals surface area contributed by atoms with Crippen LogP contribution >= 0.6 is 0 Å². The minimum absolute atomic E-state index is 0.214. The number of hydrogen-bond donors (Lipinski definition) is 2. The molecule has 2 heterocycles. The van der Waals surface area contributed by atoms with Gasteiger partial charge in [0.2, 0.25) is 0 Å². The van der Waals surface area contributed by atoms with Crippen molar-refractivity contribution in [3.05, 3.63) is 48.3 Å². The molecule has 0 aliphatic heterocycles. The Balaban J connectivity index is 2.34. The maximum absolute atomic E-state index is 5.47. The molecule has 0 spiro atoms. The number of nitrogens with zero attached hydrogens (tertiary/aromatic N) is 4. The Kier molecular flexibility index (Phi) is 2.91. The molecule has 15 heavy (non-hydrogen) atoms. The van der Waals surface area contributed by atoms with Crippen molar-refractivity contribution in [1.29, 1.82) is 0 Å². The molecule has 0 amide bonds. The zero-order valence-electron chi connectivity index (χ0n) is 7.91. The van der Waals surface area contributed by atoms with E-state index in [1.165, 1.54) is 0 Å². The quantitative estimate of drug-likeness (QED) is 0.530. The van der Waals surface area contributed by atoms with E-state index in [1.54, 1.807) is 31.0 Å². The Morgan fingerprint density at radius 3 is 2.67 bits per heavy atom. The van der Waals surface area contributed by atoms with Crippen LogP contribution in [0.15, 0.2) is 37.1 Å². The van der Waals surface area contributed by atoms with Gasteiger partial charge >= 0.3 is 0 Å². The first-order valence-corrected chi connectivity index (χ1v) is 4.40. The molecule has 0 radical (unpaired) electrons. The van der Waals surface area contributed by atoms with Gasteiger partial charge in [-0.1, -0.05) is 0 Å². The Labute approximate surface area is 86.6 Å². The molecule has 1 unspecified atom stereocenters. The molecule has 6 heteroatoms. The van der Waals surface area contributed by atoms with Gasteiger partial charge in [0.25, 0.3) is 0 Å². The molecule has 0 saturated heterocycles. The summed E-state index contributed by atoms with van der Waals surface area (Å²) in [7, 11) is 0. The summed E-state index contributed by atoms with van der Waals surface area (Å²) in [5.74, 6) is 5.47. The lowest BCUT2D eigenvalue weighted by Crippen LogP contribution is -2.29. The Morgan fingerprint density at radius 2 is 2.07 bits per heavy atom. The van der Waals surface area contributed by atoms with Crippen LogP contribution < -0.4 is 11.3 Å². The minimum Gasteiger partial charge on any atom is -0.271 e. The average molecular weight is 202 g/mol. The summed E-state index contributed by atoms with van der Waals surface area (Å²) in [6.07, 6.45) is 8.14. The highest BCUT2D eigenvalue weighted by Crippen LogP contribution is 2.16. The van der Waals surface area contributed by atoms with Gasteiger partial charge in [-0.15, -0.1) is 0 Å². The van der Waals surface area contributed by atoms with Crippen molar-refractivity contribution in [2.24, 2.45) is 5.84 Å². The highest BCUT2D eigenvalue weighted by Gasteiger charge is 2.13. The summed E-state index contributed by atoms with van der Waals surface area (Å²) < 4.78 is 0. The molecule has 76 valence electrons. The van der Waals surface area contributed by atoms with Crippen LogP contribution in [0.1, 0.15) is 17.3 Å². The smallest absolute Gasteiger partial charge is 0.0913 e. The summed E-state index contributed by atoms with van der Waals surface area (Å²) in [6, 6.07) is 1.61. The molecular formula is C9H10N6. The standard InChI is InChI=1S/C9H10N6/c10-15-9(7-1-2-13-14-5-7)8-6-11-3-4-12-8/h1-6,9,15H,10H2. The van der Waals surface area contributed by atoms with Crippen LogP contribution in [-0.4, -0.2) is 20.2 Å². The normalized spacial score (nSPS) is 12.3. The second kappa shape index (κ2) is 4.54. The van der Waals surface area contributed by atoms with Crippen molar-refractivity contribution in [3.8, 4) is 0 Å². The molecule has 0 saturated carbocycles. The van der Waals surface area contributed by atoms with Gasteiger partial charge in [-0.2, -0.15) is 10.2 Å². The third kappa shape index (κ3) is 2.12. The van der Waals surface area contributed by atoms with Crippen molar-refractivity contribution in [1.82, 2.24) is 25.6 Å². The number of rotatable bonds is 3. The number of nitrogens with one attached hydrogen (secondary N) is 1. The van der Waals surface area contributed by atoms with Crippen molar-refractivity contribution in [2.75, 3.05) is 0 Å². The Morgan fingerprint density at radius 1 is 1.13 bits per heavy atom. The number of hydrogen-bond acceptors (Lipinski definition) is 6. The van der Waals surface area contributed by atoms with Gasteiger partial charge in [-0.25, -0.2) is 5.43 Å². The summed E-state index contributed by atoms with van der Waals surface area (Å²) in [5.41, 5.74) is 4.30. The molecule has 0 aliphatic carbocycles. The largest absolute Gasteiger partial charge is 0.271 e. The molecule has 1 atom stereocenters. The van der Waals surface area contributed by atoms with Crippen LogP contribution in [0.5, 0.6) is 0 Å². The first-order chi connectivity index (χ1) is 7.42. The molecule has 2 aromatic heterocycles. The van der Waals surface area contributed by atoms with E-state index in [-0.39, 0.29) is 6.04 Å². The second-order valence-electron chi connectivity index (χ2n) is 2.91. The van der Waals surface area contributed by atoms with Crippen molar-refractivity contribution >= 4 is 0 Å². The van der Waals surface area contributed by atoms with E-state index in [0.717, 1.165) is 11.3 Å². The van der Waals surface area contributed by atoms with Gasteiger partial charge in [0.15, 0.2) is 0 Å². The lowest BCUT2D eigenvalue weighted by atomic mass is 10.1. The van der Waals surface area contributed by atoms with E-state index < -0.39 is 0 Å². The fraction of sp³-hybridized carbons (Fsp3) is 0.111. The van der Waals surface area contributed by atoms with Gasteiger partial charge in [0.1, 0.15) is 0 Å². The highest BCUT2D eigenvalue weighted by atomic mass is 15.2. The highest BCUT2D eigenvalue weighted by molar-refractivity contribution is 5.21. The molecule has 0 aromatic carbocycles. The van der Waals surface area contributed by atoms with Crippen molar-refractivity contribution in [2.45, 2.75) is 6.04 Å². The first kappa shape index (κ1) is 9.63. The number of hydrazine groups is 1. The van der Waals surface area contributed by atoms with E-state index in [9.17, 15) is 0 Å². The Bertz CT molecular complexity index is 364. The van der Waals surface area contributed by atoms with Crippen LogP contribution in [0.25, 0.3) is 0 Å². The molecular weight excluding hydrogens is 192 g/mol. The maximum atomic E-state index is 5.47. The first-order valence-electron chi connectivity index (χ1n) is 4.40. The number of nitrogens with two attached hydrogens (primary N) is 1. The molecule has 0 bridgehead atoms. The van der Waals surface area contributed by atoms with Crippen LogP contribution in [-0.2, 0) is 0 Å². The number of aromatic nitrogens is 4. The van der Waals surface area contributed by atoms with E-state index in [1.807, 2.05) is 6.07 Å². The molecule has 3 N–H and O–H groups in total. The predicted molar refractivity (Wildman–Crippen MR) is 53.2 cm³/mol. The van der Waals surface area contributed by atoms with Gasteiger partial charge in [-0.3, -0.25) is 15.8 Å². The molecule has 2 rings (SSSR count). The van der Waals surface area contributed by atoms with Crippen LogP contribution in [0.2, 0.25) is 0 Å². The zero-order chi connectivity index (χ0) is 10.5. The molecule has 0 aliphatic rings. The molecule has 6 nitrogen and oxygen atoms in total. The lowest BCUT2D eigenvalue weighted by molar-refractivity contribution is 0.613. The van der Waals surface area contributed by atoms with Crippen LogP contribution in [0.3, 0.4) is 0 Å². The predicted octanol–water partition coefficient (Wildman–Crippen LogP) is -0.181. The monoisotopic (exact) mass is 202 g/mol. The topological polar surface area (TPSA) is 89.6 Å². The Hall–Kier alpha value is -1.92. The maximum Gasteiger partial charge on any atom is 0.0913 e. The van der Waals surface area contributed by atoms with Gasteiger partial charge in [-0.05, 0) is 11.6 Å². The lowest BCUT2D eigenvalue weighted by Gasteiger charge is -2.13. The average Bonchev–Trinajstić information content (AvgIpc) is 2.33. The summed E-state index contributed by atoms with van der Waals surface area (Å²) in [5, 5.41) is 7.49. The fourth-order valence-corrected chi connectivity index (χ4v) is 1.28. The fourth-order valence-electron chi connectivity index (χ4n) is 1.28.